The van der Waals surface area contributed by atoms with Gasteiger partial charge in [0.15, 0.2) is 0 Å². The van der Waals surface area contributed by atoms with E-state index in [0.717, 1.165) is 0 Å². The van der Waals surface area contributed by atoms with Crippen LogP contribution in [0.4, 0.5) is 26.3 Å². The lowest BCUT2D eigenvalue weighted by Crippen LogP contribution is -2.23. The molecule has 2 aliphatic heterocycles. The summed E-state index contributed by atoms with van der Waals surface area (Å²) in [6, 6.07) is 8.66. The lowest BCUT2D eigenvalue weighted by Gasteiger charge is -2.26. The molecule has 0 spiro atoms. The normalized spacial score (nSPS) is 19.2. The minimum atomic E-state index is -4.88. The van der Waals surface area contributed by atoms with Crippen LogP contribution in [0.5, 0.6) is 11.8 Å². The van der Waals surface area contributed by atoms with Gasteiger partial charge in [-0.05, 0) is 11.1 Å². The lowest BCUT2D eigenvalue weighted by molar-refractivity contribution is -0.142. The molecule has 0 radical (unpaired) electrons. The minimum absolute atomic E-state index is 0.121. The molecule has 0 aliphatic carbocycles. The van der Waals surface area contributed by atoms with Crippen LogP contribution in [-0.4, -0.2) is 20.4 Å². The highest BCUT2D eigenvalue weighted by Gasteiger charge is 2.46. The van der Waals surface area contributed by atoms with Crippen molar-refractivity contribution in [3.05, 3.63) is 80.8 Å². The highest BCUT2D eigenvalue weighted by atomic mass is 19.4. The van der Waals surface area contributed by atoms with Gasteiger partial charge in [0.05, 0.1) is 23.0 Å². The number of aromatic nitrogens is 4. The quantitative estimate of drug-likeness (QED) is 0.361. The first-order valence-electron chi connectivity index (χ1n) is 10.4. The fraction of sp³-hybridized carbons (Fsp3) is 0.182. The Morgan fingerprint density at radius 2 is 1.05 bits per heavy atom. The van der Waals surface area contributed by atoms with Crippen LogP contribution in [0.25, 0.3) is 0 Å². The molecule has 5 rings (SSSR count). The zero-order valence-electron chi connectivity index (χ0n) is 18.5. The van der Waals surface area contributed by atoms with E-state index >= 15 is 0 Å². The molecule has 3 aromatic rings. The van der Waals surface area contributed by atoms with Crippen LogP contribution in [0.3, 0.4) is 0 Å². The van der Waals surface area contributed by atoms with Crippen LogP contribution in [0.15, 0.2) is 47.2 Å². The first-order valence-corrected chi connectivity index (χ1v) is 10.4. The van der Waals surface area contributed by atoms with Gasteiger partial charge in [-0.3, -0.25) is 10.2 Å². The molecule has 6 N–H and O–H groups in total. The number of benzene rings is 1. The van der Waals surface area contributed by atoms with Gasteiger partial charge in [-0.2, -0.15) is 36.9 Å². The van der Waals surface area contributed by atoms with E-state index in [1.807, 2.05) is 10.2 Å². The zero-order chi connectivity index (χ0) is 27.6. The standard InChI is InChI=1S/C22H12F6N8O2/c23-21(24,25)15-13-11(9(5-29)17(31)37-19(13)35-33-15)7-1-2-8(4-3-7)12-10(6-30)18(32)38-20-14(12)16(34-36-20)22(26,27)28/h1-4,11-12H,31-32H2,(H,33,35)(H,34,36). The van der Waals surface area contributed by atoms with Gasteiger partial charge in [0.1, 0.15) is 34.7 Å². The van der Waals surface area contributed by atoms with Crippen molar-refractivity contribution in [3.63, 3.8) is 0 Å². The molecule has 2 atom stereocenters. The van der Waals surface area contributed by atoms with Gasteiger partial charge in [0, 0.05) is 0 Å². The fourth-order valence-corrected chi connectivity index (χ4v) is 4.47. The number of nitriles is 2. The second-order valence-electron chi connectivity index (χ2n) is 8.15. The molecule has 0 fully saturated rings. The molecule has 2 unspecified atom stereocenters. The average Bonchev–Trinajstić information content (AvgIpc) is 3.46. The Hall–Kier alpha value is -5.12. The van der Waals surface area contributed by atoms with E-state index in [2.05, 4.69) is 10.2 Å². The van der Waals surface area contributed by atoms with Crippen LogP contribution in [-0.2, 0) is 12.4 Å². The van der Waals surface area contributed by atoms with Crippen molar-refractivity contribution in [2.24, 2.45) is 11.5 Å². The number of rotatable bonds is 2. The maximum atomic E-state index is 13.7. The van der Waals surface area contributed by atoms with Crippen molar-refractivity contribution in [1.29, 1.82) is 10.5 Å². The molecule has 2 aromatic heterocycles. The van der Waals surface area contributed by atoms with Crippen molar-refractivity contribution < 1.29 is 35.8 Å². The van der Waals surface area contributed by atoms with Gasteiger partial charge in [-0.15, -0.1) is 10.2 Å². The number of nitrogens with one attached hydrogen (secondary N) is 2. The third-order valence-electron chi connectivity index (χ3n) is 6.05. The van der Waals surface area contributed by atoms with Gasteiger partial charge in [-0.1, -0.05) is 24.3 Å². The predicted molar refractivity (Wildman–Crippen MR) is 112 cm³/mol. The predicted octanol–water partition coefficient (Wildman–Crippen LogP) is 3.61. The minimum Gasteiger partial charge on any atom is -0.420 e. The molecule has 16 heteroatoms. The smallest absolute Gasteiger partial charge is 0.420 e. The van der Waals surface area contributed by atoms with Crippen LogP contribution in [0.2, 0.25) is 0 Å². The van der Waals surface area contributed by atoms with Crippen LogP contribution in [0, 0.1) is 22.7 Å². The Morgan fingerprint density at radius 1 is 0.711 bits per heavy atom. The maximum absolute atomic E-state index is 13.7. The molecule has 1 aromatic carbocycles. The summed E-state index contributed by atoms with van der Waals surface area (Å²) in [6.07, 6.45) is -9.76. The Labute approximate surface area is 207 Å². The molecule has 4 heterocycles. The second kappa shape index (κ2) is 8.20. The SMILES string of the molecule is N#CC1=C(N)Oc2n[nH]c(C(F)(F)F)c2C1c1ccc(C2C(C#N)=C(N)Oc3n[nH]c(C(F)(F)F)c32)cc1. The molecular weight excluding hydrogens is 522 g/mol. The van der Waals surface area contributed by atoms with Crippen molar-refractivity contribution in [3.8, 4) is 23.9 Å². The van der Waals surface area contributed by atoms with Crippen molar-refractivity contribution in [1.82, 2.24) is 20.4 Å². The number of hydrogen-bond acceptors (Lipinski definition) is 8. The Kier molecular flexibility index (Phi) is 5.30. The third-order valence-corrected chi connectivity index (χ3v) is 6.05. The Morgan fingerprint density at radius 3 is 1.34 bits per heavy atom. The van der Waals surface area contributed by atoms with E-state index in [1.165, 1.54) is 24.3 Å². The fourth-order valence-electron chi connectivity index (χ4n) is 4.47. The van der Waals surface area contributed by atoms with Crippen LogP contribution in [0.1, 0.15) is 45.5 Å². The van der Waals surface area contributed by atoms with E-state index in [-0.39, 0.29) is 22.3 Å². The molecule has 2 aliphatic rings. The summed E-state index contributed by atoms with van der Waals surface area (Å²) in [4.78, 5) is 0. The summed E-state index contributed by atoms with van der Waals surface area (Å²) in [6.45, 7) is 0. The maximum Gasteiger partial charge on any atom is 0.433 e. The number of hydrogen-bond donors (Lipinski definition) is 4. The third kappa shape index (κ3) is 3.65. The molecule has 0 saturated carbocycles. The van der Waals surface area contributed by atoms with Crippen LogP contribution >= 0.6 is 0 Å². The number of alkyl halides is 6. The number of nitrogens with zero attached hydrogens (tertiary/aromatic N) is 4. The van der Waals surface area contributed by atoms with E-state index < -0.39 is 70.2 Å². The summed E-state index contributed by atoms with van der Waals surface area (Å²) < 4.78 is 92.3. The first-order chi connectivity index (χ1) is 17.9. The number of aromatic amines is 2. The highest BCUT2D eigenvalue weighted by Crippen LogP contribution is 2.49. The van der Waals surface area contributed by atoms with E-state index in [4.69, 9.17) is 20.9 Å². The summed E-state index contributed by atoms with van der Waals surface area (Å²) in [5.41, 5.74) is 7.61. The summed E-state index contributed by atoms with van der Waals surface area (Å²) >= 11 is 0. The molecule has 0 bridgehead atoms. The largest absolute Gasteiger partial charge is 0.433 e. The van der Waals surface area contributed by atoms with Gasteiger partial charge >= 0.3 is 12.4 Å². The van der Waals surface area contributed by atoms with Crippen LogP contribution < -0.4 is 20.9 Å². The first kappa shape index (κ1) is 24.6. The molecule has 194 valence electrons. The molecule has 0 saturated heterocycles. The summed E-state index contributed by atoms with van der Waals surface area (Å²) in [7, 11) is 0. The number of allylic oxidation sites excluding steroid dienone is 2. The van der Waals surface area contributed by atoms with Crippen molar-refractivity contribution >= 4 is 0 Å². The number of ether oxygens (including phenoxy) is 2. The van der Waals surface area contributed by atoms with Crippen molar-refractivity contribution in [2.75, 3.05) is 0 Å². The van der Waals surface area contributed by atoms with E-state index in [0.29, 0.717) is 0 Å². The van der Waals surface area contributed by atoms with Crippen molar-refractivity contribution in [2.45, 2.75) is 24.2 Å². The van der Waals surface area contributed by atoms with Gasteiger partial charge in [0.25, 0.3) is 0 Å². The number of H-pyrrole nitrogens is 2. The Balaban J connectivity index is 1.65. The van der Waals surface area contributed by atoms with E-state index in [9.17, 15) is 36.9 Å². The highest BCUT2D eigenvalue weighted by molar-refractivity contribution is 5.58. The molecular formula is C22H12F6N8O2. The van der Waals surface area contributed by atoms with E-state index in [1.54, 1.807) is 12.1 Å². The average molecular weight is 534 g/mol. The summed E-state index contributed by atoms with van der Waals surface area (Å²) in [5, 5.41) is 30.0. The van der Waals surface area contributed by atoms with Gasteiger partial charge < -0.3 is 20.9 Å². The number of halogens is 6. The topological polar surface area (TPSA) is 175 Å². The number of fused-ring (bicyclic) bond motifs is 2. The summed E-state index contributed by atoms with van der Waals surface area (Å²) in [5.74, 6) is -4.61. The lowest BCUT2D eigenvalue weighted by atomic mass is 9.80. The Bertz CT molecular complexity index is 1480. The number of nitrogens with two attached hydrogens (primary N) is 2. The molecule has 10 nitrogen and oxygen atoms in total. The molecule has 0 amide bonds. The zero-order valence-corrected chi connectivity index (χ0v) is 18.5. The van der Waals surface area contributed by atoms with Gasteiger partial charge in [0.2, 0.25) is 23.5 Å². The molecule has 38 heavy (non-hydrogen) atoms. The second-order valence-corrected chi connectivity index (χ2v) is 8.15. The monoisotopic (exact) mass is 534 g/mol. The van der Waals surface area contributed by atoms with Gasteiger partial charge in [-0.25, -0.2) is 0 Å².